The molecule has 0 bridgehead atoms. The fourth-order valence-corrected chi connectivity index (χ4v) is 3.79. The molecule has 1 aliphatic heterocycles. The second-order valence-corrected chi connectivity index (χ2v) is 7.58. The number of anilines is 1. The van der Waals surface area contributed by atoms with Crippen molar-refractivity contribution in [3.8, 4) is 0 Å². The van der Waals surface area contributed by atoms with Crippen molar-refractivity contribution in [3.05, 3.63) is 63.6 Å². The third kappa shape index (κ3) is 3.47. The molecular formula is C20H20BrN3O3. The number of nitrogens with zero attached hydrogens (tertiary/aromatic N) is 1. The number of hydrogen-bond donors (Lipinski definition) is 2. The highest BCUT2D eigenvalue weighted by atomic mass is 79.9. The van der Waals surface area contributed by atoms with Gasteiger partial charge in [-0.15, -0.1) is 0 Å². The third-order valence-corrected chi connectivity index (χ3v) is 5.56. The van der Waals surface area contributed by atoms with Crippen LogP contribution < -0.4 is 10.6 Å². The van der Waals surface area contributed by atoms with Gasteiger partial charge in [-0.3, -0.25) is 14.5 Å². The van der Waals surface area contributed by atoms with Crippen molar-refractivity contribution in [2.24, 2.45) is 0 Å². The maximum absolute atomic E-state index is 12.9. The van der Waals surface area contributed by atoms with Crippen LogP contribution >= 0.6 is 15.9 Å². The van der Waals surface area contributed by atoms with E-state index in [4.69, 9.17) is 0 Å². The lowest BCUT2D eigenvalue weighted by atomic mass is 9.92. The summed E-state index contributed by atoms with van der Waals surface area (Å²) in [4.78, 5) is 38.7. The van der Waals surface area contributed by atoms with Crippen LogP contribution in [0.4, 0.5) is 10.5 Å². The number of amides is 4. The average Bonchev–Trinajstić information content (AvgIpc) is 2.83. The SMILES string of the molecule is Cc1cccc(NC(=O)CN2C(=O)NC(C)(c3ccccc3Br)C2=O)c1C. The Morgan fingerprint density at radius 2 is 1.85 bits per heavy atom. The Hall–Kier alpha value is -2.67. The van der Waals surface area contributed by atoms with Gasteiger partial charge in [0.25, 0.3) is 5.91 Å². The van der Waals surface area contributed by atoms with Gasteiger partial charge in [-0.25, -0.2) is 4.79 Å². The molecule has 6 nitrogen and oxygen atoms in total. The Balaban J connectivity index is 1.79. The van der Waals surface area contributed by atoms with Crippen LogP contribution in [0.15, 0.2) is 46.9 Å². The molecule has 4 amide bonds. The molecular weight excluding hydrogens is 410 g/mol. The number of urea groups is 1. The lowest BCUT2D eigenvalue weighted by molar-refractivity contribution is -0.133. The number of halogens is 1. The minimum Gasteiger partial charge on any atom is -0.324 e. The van der Waals surface area contributed by atoms with Gasteiger partial charge in [0.2, 0.25) is 5.91 Å². The summed E-state index contributed by atoms with van der Waals surface area (Å²) in [5, 5.41) is 5.48. The van der Waals surface area contributed by atoms with Crippen LogP contribution in [-0.2, 0) is 15.1 Å². The Bertz CT molecular complexity index is 944. The molecule has 3 rings (SSSR count). The van der Waals surface area contributed by atoms with E-state index in [1.807, 2.05) is 32.0 Å². The van der Waals surface area contributed by atoms with Crippen molar-refractivity contribution >= 4 is 39.5 Å². The monoisotopic (exact) mass is 429 g/mol. The number of imide groups is 1. The van der Waals surface area contributed by atoms with E-state index in [2.05, 4.69) is 26.6 Å². The Morgan fingerprint density at radius 3 is 2.56 bits per heavy atom. The highest BCUT2D eigenvalue weighted by Gasteiger charge is 2.50. The van der Waals surface area contributed by atoms with Crippen molar-refractivity contribution in [1.29, 1.82) is 0 Å². The van der Waals surface area contributed by atoms with Crippen molar-refractivity contribution in [2.45, 2.75) is 26.3 Å². The maximum atomic E-state index is 12.9. The van der Waals surface area contributed by atoms with E-state index in [1.165, 1.54) is 0 Å². The van der Waals surface area contributed by atoms with Crippen LogP contribution in [0.3, 0.4) is 0 Å². The van der Waals surface area contributed by atoms with E-state index in [0.29, 0.717) is 15.7 Å². The fourth-order valence-electron chi connectivity index (χ4n) is 3.11. The summed E-state index contributed by atoms with van der Waals surface area (Å²) >= 11 is 3.42. The second-order valence-electron chi connectivity index (χ2n) is 6.72. The Kier molecular flexibility index (Phi) is 5.06. The minimum atomic E-state index is -1.23. The van der Waals surface area contributed by atoms with Crippen LogP contribution in [0.2, 0.25) is 0 Å². The number of carbonyl (C=O) groups is 3. The molecule has 0 spiro atoms. The Labute approximate surface area is 166 Å². The molecule has 0 saturated carbocycles. The predicted molar refractivity (Wildman–Crippen MR) is 106 cm³/mol. The normalized spacial score (nSPS) is 19.2. The predicted octanol–water partition coefficient (Wildman–Crippen LogP) is 3.47. The lowest BCUT2D eigenvalue weighted by Gasteiger charge is -2.23. The maximum Gasteiger partial charge on any atom is 0.325 e. The average molecular weight is 430 g/mol. The van der Waals surface area contributed by atoms with Gasteiger partial charge < -0.3 is 10.6 Å². The molecule has 1 fully saturated rings. The summed E-state index contributed by atoms with van der Waals surface area (Å²) in [5.74, 6) is -0.890. The molecule has 1 heterocycles. The van der Waals surface area contributed by atoms with Crippen LogP contribution in [0.5, 0.6) is 0 Å². The van der Waals surface area contributed by atoms with Crippen molar-refractivity contribution in [2.75, 3.05) is 11.9 Å². The van der Waals surface area contributed by atoms with E-state index >= 15 is 0 Å². The molecule has 27 heavy (non-hydrogen) atoms. The highest BCUT2D eigenvalue weighted by molar-refractivity contribution is 9.10. The van der Waals surface area contributed by atoms with Gasteiger partial charge in [0.1, 0.15) is 12.1 Å². The molecule has 1 atom stereocenters. The molecule has 0 aliphatic carbocycles. The quantitative estimate of drug-likeness (QED) is 0.730. The van der Waals surface area contributed by atoms with Gasteiger partial charge in [-0.1, -0.05) is 46.3 Å². The minimum absolute atomic E-state index is 0.349. The molecule has 7 heteroatoms. The zero-order valence-corrected chi connectivity index (χ0v) is 16.9. The van der Waals surface area contributed by atoms with Gasteiger partial charge in [-0.05, 0) is 44.0 Å². The molecule has 2 aromatic carbocycles. The summed E-state index contributed by atoms with van der Waals surface area (Å²) < 4.78 is 0.711. The highest BCUT2D eigenvalue weighted by Crippen LogP contribution is 2.33. The topological polar surface area (TPSA) is 78.5 Å². The molecule has 1 saturated heterocycles. The first-order chi connectivity index (χ1) is 12.7. The van der Waals surface area contributed by atoms with Crippen molar-refractivity contribution in [3.63, 3.8) is 0 Å². The third-order valence-electron chi connectivity index (χ3n) is 4.87. The van der Waals surface area contributed by atoms with Crippen LogP contribution in [0.25, 0.3) is 0 Å². The lowest BCUT2D eigenvalue weighted by Crippen LogP contribution is -2.42. The van der Waals surface area contributed by atoms with Gasteiger partial charge in [0.15, 0.2) is 0 Å². The van der Waals surface area contributed by atoms with Gasteiger partial charge in [-0.2, -0.15) is 0 Å². The van der Waals surface area contributed by atoms with E-state index < -0.39 is 23.4 Å². The van der Waals surface area contributed by atoms with Gasteiger partial charge in [0, 0.05) is 15.7 Å². The summed E-state index contributed by atoms with van der Waals surface area (Å²) in [6.07, 6.45) is 0. The summed E-state index contributed by atoms with van der Waals surface area (Å²) in [7, 11) is 0. The number of aryl methyl sites for hydroxylation is 1. The summed E-state index contributed by atoms with van der Waals surface area (Å²) in [5.41, 5.74) is 2.07. The number of carbonyl (C=O) groups excluding carboxylic acids is 3. The van der Waals surface area contributed by atoms with Crippen molar-refractivity contribution < 1.29 is 14.4 Å². The standard InChI is InChI=1S/C20H20BrN3O3/c1-12-7-6-10-16(13(12)2)22-17(25)11-24-18(26)20(3,23-19(24)27)14-8-4-5-9-15(14)21/h4-10H,11H2,1-3H3,(H,22,25)(H,23,27). The first-order valence-electron chi connectivity index (χ1n) is 8.49. The first-order valence-corrected chi connectivity index (χ1v) is 9.28. The molecule has 2 N–H and O–H groups in total. The van der Waals surface area contributed by atoms with E-state index in [-0.39, 0.29) is 6.54 Å². The van der Waals surface area contributed by atoms with Gasteiger partial charge >= 0.3 is 6.03 Å². The smallest absolute Gasteiger partial charge is 0.324 e. The molecule has 0 aromatic heterocycles. The van der Waals surface area contributed by atoms with Crippen LogP contribution in [0, 0.1) is 13.8 Å². The molecule has 2 aromatic rings. The number of hydrogen-bond acceptors (Lipinski definition) is 3. The van der Waals surface area contributed by atoms with E-state index in [1.54, 1.807) is 31.2 Å². The largest absolute Gasteiger partial charge is 0.325 e. The number of benzene rings is 2. The van der Waals surface area contributed by atoms with E-state index in [0.717, 1.165) is 16.0 Å². The molecule has 1 aliphatic rings. The summed E-state index contributed by atoms with van der Waals surface area (Å²) in [6.45, 7) is 5.14. The zero-order chi connectivity index (χ0) is 19.8. The van der Waals surface area contributed by atoms with Gasteiger partial charge in [0.05, 0.1) is 0 Å². The number of rotatable bonds is 4. The van der Waals surface area contributed by atoms with Crippen molar-refractivity contribution in [1.82, 2.24) is 10.2 Å². The van der Waals surface area contributed by atoms with Crippen LogP contribution in [-0.4, -0.2) is 29.3 Å². The zero-order valence-electron chi connectivity index (χ0n) is 15.3. The fraction of sp³-hybridized carbons (Fsp3) is 0.250. The summed E-state index contributed by atoms with van der Waals surface area (Å²) in [6, 6.07) is 12.2. The van der Waals surface area contributed by atoms with Crippen LogP contribution in [0.1, 0.15) is 23.6 Å². The molecule has 1 unspecified atom stereocenters. The first kappa shape index (κ1) is 19.1. The number of nitrogens with one attached hydrogen (secondary N) is 2. The Morgan fingerprint density at radius 1 is 1.15 bits per heavy atom. The molecule has 140 valence electrons. The van der Waals surface area contributed by atoms with E-state index in [9.17, 15) is 14.4 Å². The molecule has 0 radical (unpaired) electrons. The second kappa shape index (κ2) is 7.15.